The number of carbonyl (C=O) groups is 4. The molecule has 3 fully saturated rings. The number of esters is 2. The summed E-state index contributed by atoms with van der Waals surface area (Å²) >= 11 is 0. The molecule has 0 amide bonds. The van der Waals surface area contributed by atoms with Crippen LogP contribution >= 0.6 is 0 Å². The fourth-order valence-corrected chi connectivity index (χ4v) is 8.34. The lowest BCUT2D eigenvalue weighted by atomic mass is 9.44. The van der Waals surface area contributed by atoms with Gasteiger partial charge in [0.05, 0.1) is 25.7 Å². The van der Waals surface area contributed by atoms with Crippen molar-refractivity contribution < 1.29 is 53.2 Å². The molecule has 0 radical (unpaired) electrons. The monoisotopic (exact) mass is 624 g/mol. The second kappa shape index (κ2) is 12.3. The smallest absolute Gasteiger partial charge is 0.323 e. The molecule has 14 heteroatoms. The van der Waals surface area contributed by atoms with Crippen LogP contribution in [-0.2, 0) is 33.5 Å². The van der Waals surface area contributed by atoms with E-state index in [0.717, 1.165) is 0 Å². The third-order valence-corrected chi connectivity index (χ3v) is 10.7. The average molecular weight is 625 g/mol. The van der Waals surface area contributed by atoms with Crippen LogP contribution < -0.4 is 5.73 Å². The lowest BCUT2D eigenvalue weighted by Gasteiger charge is -2.62. The summed E-state index contributed by atoms with van der Waals surface area (Å²) < 4.78 is 27.3. The molecular weight excluding hydrogens is 583 g/mol. The van der Waals surface area contributed by atoms with Crippen LogP contribution in [0.25, 0.3) is 0 Å². The van der Waals surface area contributed by atoms with Crippen LogP contribution in [-0.4, -0.2) is 82.0 Å². The van der Waals surface area contributed by atoms with Gasteiger partial charge in [0.1, 0.15) is 11.6 Å². The molecule has 4 aliphatic carbocycles. The van der Waals surface area contributed by atoms with E-state index in [4.69, 9.17) is 15.2 Å². The number of rotatable bonds is 12. The minimum atomic E-state index is -2.12. The number of carbonyl (C=O) groups excluding carboxylic acids is 4. The first-order chi connectivity index (χ1) is 20.5. The molecule has 4 aliphatic rings. The molecule has 0 aromatic rings. The summed E-state index contributed by atoms with van der Waals surface area (Å²) in [5.74, 6) is -4.71. The summed E-state index contributed by atoms with van der Waals surface area (Å²) in [7, 11) is 0. The number of ether oxygens (including phenoxy) is 2. The fourth-order valence-electron chi connectivity index (χ4n) is 8.34. The van der Waals surface area contributed by atoms with Gasteiger partial charge >= 0.3 is 11.9 Å². The highest BCUT2D eigenvalue weighted by atomic mass is 19.1. The van der Waals surface area contributed by atoms with Gasteiger partial charge in [-0.15, -0.1) is 10.1 Å². The van der Waals surface area contributed by atoms with Gasteiger partial charge in [-0.3, -0.25) is 19.2 Å². The molecular formula is C30H41FN2O11. The average Bonchev–Trinajstić information content (AvgIpc) is 3.15. The van der Waals surface area contributed by atoms with Crippen LogP contribution in [0, 0.1) is 38.7 Å². The van der Waals surface area contributed by atoms with E-state index < -0.39 is 87.8 Å². The van der Waals surface area contributed by atoms with Gasteiger partial charge in [0, 0.05) is 16.7 Å². The van der Waals surface area contributed by atoms with E-state index in [1.165, 1.54) is 18.2 Å². The summed E-state index contributed by atoms with van der Waals surface area (Å²) in [5, 5.41) is 32.6. The number of fused-ring (bicyclic) bond motifs is 5. The quantitative estimate of drug-likeness (QED) is 0.123. The van der Waals surface area contributed by atoms with E-state index >= 15 is 4.39 Å². The minimum absolute atomic E-state index is 0.0933. The summed E-state index contributed by atoms with van der Waals surface area (Å²) in [5.41, 5.74) is -0.240. The Bertz CT molecular complexity index is 1270. The van der Waals surface area contributed by atoms with Crippen molar-refractivity contribution in [3.63, 3.8) is 0 Å². The van der Waals surface area contributed by atoms with Gasteiger partial charge < -0.3 is 30.3 Å². The third kappa shape index (κ3) is 5.45. The molecule has 4 N–H and O–H groups in total. The number of hydrogen-bond donors (Lipinski definition) is 3. The van der Waals surface area contributed by atoms with E-state index in [1.54, 1.807) is 20.8 Å². The van der Waals surface area contributed by atoms with Crippen LogP contribution in [0.1, 0.15) is 65.7 Å². The molecule has 0 aromatic heterocycles. The first-order valence-corrected chi connectivity index (χ1v) is 14.9. The third-order valence-electron chi connectivity index (χ3n) is 10.7. The summed E-state index contributed by atoms with van der Waals surface area (Å²) in [6, 6.07) is -1.38. The Balaban J connectivity index is 1.38. The first kappa shape index (κ1) is 33.7. The summed E-state index contributed by atoms with van der Waals surface area (Å²) in [6.07, 6.45) is 3.55. The SMILES string of the molecule is C[C@@H]1C[C@H]2[C@@H]3CCC4=CC(=O)C=C[C@]4(C)[C@@]3(F)[C@@H](O)C[C@]2(C)[C@@]1(O)C(=O)COC(=O)CC(N)C(=O)OCCCCO[N+](=O)[O-]. The van der Waals surface area contributed by atoms with Crippen molar-refractivity contribution in [2.24, 2.45) is 34.3 Å². The largest absolute Gasteiger partial charge is 0.465 e. The zero-order chi connectivity index (χ0) is 32.7. The number of hydrogen-bond acceptors (Lipinski definition) is 12. The molecule has 3 saturated carbocycles. The number of halogens is 1. The molecule has 0 heterocycles. The number of aliphatic hydroxyl groups is 2. The van der Waals surface area contributed by atoms with Gasteiger partial charge in [-0.2, -0.15) is 0 Å². The predicted molar refractivity (Wildman–Crippen MR) is 150 cm³/mol. The van der Waals surface area contributed by atoms with Crippen molar-refractivity contribution in [2.75, 3.05) is 19.8 Å². The van der Waals surface area contributed by atoms with E-state index in [1.807, 2.05) is 0 Å². The van der Waals surface area contributed by atoms with Gasteiger partial charge in [-0.25, -0.2) is 4.39 Å². The number of aliphatic hydroxyl groups excluding tert-OH is 1. The summed E-state index contributed by atoms with van der Waals surface area (Å²) in [6.45, 7) is 3.98. The van der Waals surface area contributed by atoms with Gasteiger partial charge in [-0.1, -0.05) is 25.5 Å². The zero-order valence-electron chi connectivity index (χ0n) is 25.2. The molecule has 0 saturated heterocycles. The van der Waals surface area contributed by atoms with Crippen molar-refractivity contribution in [2.45, 2.75) is 89.1 Å². The van der Waals surface area contributed by atoms with Crippen molar-refractivity contribution >= 4 is 23.5 Å². The zero-order valence-corrected chi connectivity index (χ0v) is 25.2. The number of ketones is 2. The standard InChI is InChI=1S/C30H41FN2O11/c1-17-12-21-20-7-6-18-13-19(34)8-9-27(18,2)29(20,31)23(35)15-28(21,3)30(17,39)24(36)16-43-25(37)14-22(32)26(38)42-10-4-5-11-44-33(40)41/h8-9,13,17,20-23,35,39H,4-7,10-12,14-16,32H2,1-3H3/t17-,20+,21+,22?,23+,27+,28+,29+,30+/m1/s1. The molecule has 4 rings (SSSR count). The molecule has 44 heavy (non-hydrogen) atoms. The Kier molecular flexibility index (Phi) is 9.39. The molecule has 9 atom stereocenters. The lowest BCUT2D eigenvalue weighted by molar-refractivity contribution is -0.757. The lowest BCUT2D eigenvalue weighted by Crippen LogP contribution is -2.69. The van der Waals surface area contributed by atoms with Crippen LogP contribution in [0.3, 0.4) is 0 Å². The molecule has 244 valence electrons. The van der Waals surface area contributed by atoms with Crippen molar-refractivity contribution in [1.82, 2.24) is 0 Å². The van der Waals surface area contributed by atoms with Gasteiger partial charge in [-0.05, 0) is 69.4 Å². The Morgan fingerprint density at radius 3 is 2.57 bits per heavy atom. The van der Waals surface area contributed by atoms with Gasteiger partial charge in [0.25, 0.3) is 5.09 Å². The predicted octanol–water partition coefficient (Wildman–Crippen LogP) is 1.70. The maximum atomic E-state index is 17.3. The number of nitrogens with zero attached hydrogens (tertiary/aromatic N) is 1. The van der Waals surface area contributed by atoms with E-state index in [0.29, 0.717) is 24.8 Å². The second-order valence-electron chi connectivity index (χ2n) is 13.0. The highest BCUT2D eigenvalue weighted by Crippen LogP contribution is 2.70. The molecule has 1 unspecified atom stereocenters. The Hall–Kier alpha value is -3.23. The van der Waals surface area contributed by atoms with Gasteiger partial charge in [0.2, 0.25) is 5.78 Å². The highest BCUT2D eigenvalue weighted by Gasteiger charge is 2.75. The fraction of sp³-hybridized carbons (Fsp3) is 0.733. The van der Waals surface area contributed by atoms with E-state index in [2.05, 4.69) is 4.84 Å². The maximum absolute atomic E-state index is 17.3. The van der Waals surface area contributed by atoms with Gasteiger partial charge in [0.15, 0.2) is 18.1 Å². The number of alkyl halides is 1. The van der Waals surface area contributed by atoms with Crippen LogP contribution in [0.4, 0.5) is 4.39 Å². The maximum Gasteiger partial charge on any atom is 0.323 e. The second-order valence-corrected chi connectivity index (χ2v) is 13.0. The highest BCUT2D eigenvalue weighted by molar-refractivity contribution is 6.01. The van der Waals surface area contributed by atoms with E-state index in [9.17, 15) is 39.5 Å². The van der Waals surface area contributed by atoms with Crippen molar-refractivity contribution in [3.05, 3.63) is 33.9 Å². The number of unbranched alkanes of at least 4 members (excludes halogenated alkanes) is 1. The Morgan fingerprint density at radius 2 is 1.89 bits per heavy atom. The molecule has 0 aliphatic heterocycles. The molecule has 0 bridgehead atoms. The van der Waals surface area contributed by atoms with Crippen LogP contribution in [0.15, 0.2) is 23.8 Å². The molecule has 0 aromatic carbocycles. The normalized spacial score (nSPS) is 38.0. The van der Waals surface area contributed by atoms with Crippen molar-refractivity contribution in [1.29, 1.82) is 0 Å². The number of Topliss-reactive ketones (excluding diaryl/α,β-unsaturated/α-hetero) is 1. The number of allylic oxidation sites excluding steroid dienone is 4. The Labute approximate surface area is 254 Å². The van der Waals surface area contributed by atoms with Crippen LogP contribution in [0.2, 0.25) is 0 Å². The Morgan fingerprint density at radius 1 is 1.20 bits per heavy atom. The topological polar surface area (TPSA) is 206 Å². The number of nitrogens with two attached hydrogens (primary N) is 1. The summed E-state index contributed by atoms with van der Waals surface area (Å²) in [4.78, 5) is 64.4. The molecule has 0 spiro atoms. The van der Waals surface area contributed by atoms with Crippen LogP contribution in [0.5, 0.6) is 0 Å². The first-order valence-electron chi connectivity index (χ1n) is 14.9. The minimum Gasteiger partial charge on any atom is -0.465 e. The molecule has 13 nitrogen and oxygen atoms in total. The van der Waals surface area contributed by atoms with E-state index in [-0.39, 0.29) is 38.3 Å². The van der Waals surface area contributed by atoms with Crippen molar-refractivity contribution in [3.8, 4) is 0 Å².